The van der Waals surface area contributed by atoms with E-state index in [0.717, 1.165) is 30.4 Å². The first-order valence-electron chi connectivity index (χ1n) is 7.88. The van der Waals surface area contributed by atoms with E-state index in [0.29, 0.717) is 5.82 Å². The number of carbonyl (C=O) groups excluding carboxylic acids is 1. The summed E-state index contributed by atoms with van der Waals surface area (Å²) in [7, 11) is 0. The number of hydrogen-bond acceptors (Lipinski definition) is 5. The Hall–Kier alpha value is -1.99. The maximum Gasteiger partial charge on any atom is 0.259 e. The average molecular weight is 348 g/mol. The molecule has 0 bridgehead atoms. The first kappa shape index (κ1) is 18.4. The van der Waals surface area contributed by atoms with Crippen LogP contribution in [0.15, 0.2) is 41.4 Å². The van der Waals surface area contributed by atoms with Crippen molar-refractivity contribution >= 4 is 23.5 Å². The highest BCUT2D eigenvalue weighted by Gasteiger charge is 2.11. The van der Waals surface area contributed by atoms with Crippen LogP contribution in [0.3, 0.4) is 0 Å². The second-order valence-corrected chi connectivity index (χ2v) is 6.18. The van der Waals surface area contributed by atoms with Crippen LogP contribution < -0.4 is 5.32 Å². The van der Waals surface area contributed by atoms with Crippen LogP contribution in [-0.4, -0.2) is 46.4 Å². The second kappa shape index (κ2) is 9.34. The summed E-state index contributed by atoms with van der Waals surface area (Å²) in [6.45, 7) is 7.33. The normalized spacial score (nSPS) is 10.8. The monoisotopic (exact) mass is 348 g/mol. The number of halogens is 1. The lowest BCUT2D eigenvalue weighted by Crippen LogP contribution is -2.25. The van der Waals surface area contributed by atoms with Crippen LogP contribution in [0, 0.1) is 5.82 Å². The Morgan fingerprint density at radius 3 is 2.54 bits per heavy atom. The van der Waals surface area contributed by atoms with Crippen molar-refractivity contribution in [2.24, 2.45) is 0 Å². The van der Waals surface area contributed by atoms with Gasteiger partial charge in [-0.1, -0.05) is 26.0 Å². The lowest BCUT2D eigenvalue weighted by Gasteiger charge is -2.16. The molecular weight excluding hydrogens is 327 g/mol. The van der Waals surface area contributed by atoms with Crippen LogP contribution in [0.2, 0.25) is 0 Å². The fourth-order valence-corrected chi connectivity index (χ4v) is 2.93. The van der Waals surface area contributed by atoms with Crippen molar-refractivity contribution in [1.29, 1.82) is 0 Å². The zero-order valence-electron chi connectivity index (χ0n) is 13.8. The number of hydrogen-bond donors (Lipinski definition) is 1. The topological polar surface area (TPSA) is 58.1 Å². The summed E-state index contributed by atoms with van der Waals surface area (Å²) in [6, 6.07) is 9.30. The summed E-state index contributed by atoms with van der Waals surface area (Å²) in [5.74, 6) is 0.129. The summed E-state index contributed by atoms with van der Waals surface area (Å²) in [5.41, 5.74) is -0.0167. The molecule has 7 heteroatoms. The third-order valence-electron chi connectivity index (χ3n) is 3.55. The molecule has 1 aromatic carbocycles. The fourth-order valence-electron chi connectivity index (χ4n) is 2.11. The lowest BCUT2D eigenvalue weighted by atomic mass is 10.2. The van der Waals surface area contributed by atoms with Crippen LogP contribution in [0.1, 0.15) is 24.2 Å². The molecule has 1 aromatic heterocycles. The van der Waals surface area contributed by atoms with Crippen molar-refractivity contribution in [2.45, 2.75) is 18.9 Å². The van der Waals surface area contributed by atoms with E-state index < -0.39 is 11.7 Å². The molecule has 0 unspecified atom stereocenters. The van der Waals surface area contributed by atoms with Gasteiger partial charge in [-0.15, -0.1) is 22.0 Å². The Morgan fingerprint density at radius 1 is 1.17 bits per heavy atom. The summed E-state index contributed by atoms with van der Waals surface area (Å²) in [4.78, 5) is 14.3. The van der Waals surface area contributed by atoms with Gasteiger partial charge in [-0.2, -0.15) is 0 Å². The smallest absolute Gasteiger partial charge is 0.259 e. The molecule has 0 aliphatic carbocycles. The zero-order chi connectivity index (χ0) is 17.4. The highest BCUT2D eigenvalue weighted by Crippen LogP contribution is 2.16. The number of benzene rings is 1. The van der Waals surface area contributed by atoms with Crippen molar-refractivity contribution < 1.29 is 9.18 Å². The maximum absolute atomic E-state index is 13.6. The van der Waals surface area contributed by atoms with Gasteiger partial charge in [-0.05, 0) is 37.4 Å². The number of carbonyl (C=O) groups is 1. The Labute approximate surface area is 145 Å². The Balaban J connectivity index is 1.88. The van der Waals surface area contributed by atoms with E-state index in [1.807, 2.05) is 0 Å². The molecule has 0 atom stereocenters. The quantitative estimate of drug-likeness (QED) is 0.742. The first-order chi connectivity index (χ1) is 11.6. The van der Waals surface area contributed by atoms with Gasteiger partial charge >= 0.3 is 0 Å². The number of aromatic nitrogens is 2. The van der Waals surface area contributed by atoms with E-state index in [1.54, 1.807) is 30.0 Å². The van der Waals surface area contributed by atoms with Gasteiger partial charge in [-0.3, -0.25) is 4.79 Å². The Kier molecular flexibility index (Phi) is 7.14. The van der Waals surface area contributed by atoms with Crippen molar-refractivity contribution in [1.82, 2.24) is 15.1 Å². The van der Waals surface area contributed by atoms with Crippen LogP contribution >= 0.6 is 11.8 Å². The number of amides is 1. The first-order valence-corrected chi connectivity index (χ1v) is 8.87. The maximum atomic E-state index is 13.6. The molecule has 0 saturated heterocycles. The van der Waals surface area contributed by atoms with Gasteiger partial charge in [0.05, 0.1) is 5.56 Å². The van der Waals surface area contributed by atoms with Gasteiger partial charge < -0.3 is 10.2 Å². The van der Waals surface area contributed by atoms with Gasteiger partial charge in [0, 0.05) is 12.3 Å². The summed E-state index contributed by atoms with van der Waals surface area (Å²) >= 11 is 1.62. The molecule has 1 amide bonds. The molecule has 0 aliphatic heterocycles. The second-order valence-electron chi connectivity index (χ2n) is 5.07. The van der Waals surface area contributed by atoms with Gasteiger partial charge in [0.2, 0.25) is 0 Å². The molecule has 0 fully saturated rings. The van der Waals surface area contributed by atoms with Crippen LogP contribution in [0.4, 0.5) is 10.2 Å². The van der Waals surface area contributed by atoms with Gasteiger partial charge in [0.1, 0.15) is 10.8 Å². The van der Waals surface area contributed by atoms with Crippen LogP contribution in [0.5, 0.6) is 0 Å². The SMILES string of the molecule is CCN(CC)CCSc1ccc(NC(=O)c2ccccc2F)nn1. The number of anilines is 1. The number of nitrogens with one attached hydrogen (secondary N) is 1. The van der Waals surface area contributed by atoms with Gasteiger partial charge in [0.25, 0.3) is 5.91 Å². The zero-order valence-corrected chi connectivity index (χ0v) is 14.6. The molecule has 0 radical (unpaired) electrons. The minimum Gasteiger partial charge on any atom is -0.305 e. The number of nitrogens with zero attached hydrogens (tertiary/aromatic N) is 3. The third kappa shape index (κ3) is 5.28. The average Bonchev–Trinajstić information content (AvgIpc) is 2.60. The molecule has 128 valence electrons. The molecule has 2 rings (SSSR count). The fraction of sp³-hybridized carbons (Fsp3) is 0.353. The van der Waals surface area contributed by atoms with Crippen LogP contribution in [-0.2, 0) is 0 Å². The summed E-state index contributed by atoms with van der Waals surface area (Å²) in [5, 5.41) is 11.4. The van der Waals surface area contributed by atoms with E-state index in [-0.39, 0.29) is 5.56 Å². The van der Waals surface area contributed by atoms with Gasteiger partial charge in [-0.25, -0.2) is 4.39 Å². The molecule has 0 saturated carbocycles. The molecule has 1 heterocycles. The minimum absolute atomic E-state index is 0.0167. The summed E-state index contributed by atoms with van der Waals surface area (Å²) < 4.78 is 13.6. The largest absolute Gasteiger partial charge is 0.305 e. The Bertz CT molecular complexity index is 662. The highest BCUT2D eigenvalue weighted by atomic mass is 32.2. The van der Waals surface area contributed by atoms with Crippen molar-refractivity contribution in [3.63, 3.8) is 0 Å². The number of thioether (sulfide) groups is 1. The van der Waals surface area contributed by atoms with Crippen molar-refractivity contribution in [3.05, 3.63) is 47.8 Å². The van der Waals surface area contributed by atoms with E-state index in [1.165, 1.54) is 18.2 Å². The number of rotatable bonds is 8. The third-order valence-corrected chi connectivity index (χ3v) is 4.45. The molecule has 0 spiro atoms. The van der Waals surface area contributed by atoms with E-state index in [4.69, 9.17) is 0 Å². The molecule has 0 aliphatic rings. The predicted octanol–water partition coefficient (Wildman–Crippen LogP) is 3.30. The lowest BCUT2D eigenvalue weighted by molar-refractivity contribution is 0.102. The minimum atomic E-state index is -0.563. The molecule has 5 nitrogen and oxygen atoms in total. The molecule has 2 aromatic rings. The van der Waals surface area contributed by atoms with Crippen LogP contribution in [0.25, 0.3) is 0 Å². The van der Waals surface area contributed by atoms with Crippen molar-refractivity contribution in [3.8, 4) is 0 Å². The molecule has 24 heavy (non-hydrogen) atoms. The Morgan fingerprint density at radius 2 is 1.92 bits per heavy atom. The van der Waals surface area contributed by atoms with Gasteiger partial charge in [0.15, 0.2) is 5.82 Å². The molecular formula is C17H21FN4OS. The highest BCUT2D eigenvalue weighted by molar-refractivity contribution is 7.99. The predicted molar refractivity (Wildman–Crippen MR) is 94.9 cm³/mol. The summed E-state index contributed by atoms with van der Waals surface area (Å²) in [6.07, 6.45) is 0. The van der Waals surface area contributed by atoms with E-state index in [2.05, 4.69) is 34.3 Å². The van der Waals surface area contributed by atoms with Crippen molar-refractivity contribution in [2.75, 3.05) is 30.7 Å². The van der Waals surface area contributed by atoms with E-state index >= 15 is 0 Å². The standard InChI is InChI=1S/C17H21FN4OS/c1-3-22(4-2)11-12-24-16-10-9-15(20-21-16)19-17(23)13-7-5-6-8-14(13)18/h5-10H,3-4,11-12H2,1-2H3,(H,19,20,23). The molecule has 1 N–H and O–H groups in total. The van der Waals surface area contributed by atoms with E-state index in [9.17, 15) is 9.18 Å².